The van der Waals surface area contributed by atoms with E-state index in [0.717, 1.165) is 41.5 Å². The molecule has 35 atom stereocenters. The van der Waals surface area contributed by atoms with Gasteiger partial charge in [-0.1, -0.05) is 0 Å². The molecule has 6 aliphatic heterocycles. The van der Waals surface area contributed by atoms with Gasteiger partial charge in [0.2, 0.25) is 35.4 Å². The standard InChI is InChI=1S/C54H97N6O46P5/c1-19(63)55-37-25(7-61)101-32(44(70)49(37)75)14-96-108(83,84)92-10-28-39(57-21(3)65)51(77)46(72)34(103-28)16-98-110(87,88)94-12-30-41(59-23(5)67)53(79)48(74)36(105-30)18-100-111(89,90)95-13-31-42(60-24(6)68)54(80)47(73)35(106-31)17-99-109(85,86)93-11-29-40(58-22(4)66)52(78)45(71)33(104-29)15-97-107(81,82)91-9-27-38(56-20(2)64)50(76)43(69)26(8-62)102-27/h25-54,61-62,69-80H,7-18H2,1-6H3,(H,55,63)(H,56,64)(H,57,65)(H,58,66)(H,59,67)(H,60,68)(H,81,82)(H,83,84)(H,85,86)(H,87,88)(H,89,90)/t25-,26+,27-,28-,29-,30-,31-,32+,33+,34+,35+,36+,37-,38-,39-,40-,41-,42-,43+,44+,45+,46+,47+,48+,49+,50+,51+,52+,53+,54+/m0/s1. The number of phosphoric ester groups is 5. The van der Waals surface area contributed by atoms with Gasteiger partial charge >= 0.3 is 39.1 Å². The number of aliphatic hydroxyl groups is 14. The van der Waals surface area contributed by atoms with Crippen LogP contribution in [0.25, 0.3) is 0 Å². The Labute approximate surface area is 629 Å². The largest absolute Gasteiger partial charge is 0.472 e. The van der Waals surface area contributed by atoms with Gasteiger partial charge < -0.3 is 156 Å². The molecule has 25 N–H and O–H groups in total. The van der Waals surface area contributed by atoms with Crippen LogP contribution in [0, 0.1) is 0 Å². The monoisotopic (exact) mass is 1720 g/mol. The summed E-state index contributed by atoms with van der Waals surface area (Å²) in [7, 11) is -27.1. The number of carbonyl (C=O) groups is 6. The molecule has 0 aromatic heterocycles. The first kappa shape index (κ1) is 96.4. The molecule has 6 fully saturated rings. The number of nitrogens with one attached hydrogen (secondary N) is 6. The van der Waals surface area contributed by atoms with E-state index in [9.17, 15) is 148 Å². The molecule has 0 aromatic rings. The molecule has 0 bridgehead atoms. The highest BCUT2D eigenvalue weighted by atomic mass is 31.2. The first-order valence-electron chi connectivity index (χ1n) is 33.5. The second kappa shape index (κ2) is 41.8. The summed E-state index contributed by atoms with van der Waals surface area (Å²) in [4.78, 5) is 126. The Morgan fingerprint density at radius 3 is 0.514 bits per heavy atom. The van der Waals surface area contributed by atoms with Crippen molar-refractivity contribution in [3.05, 3.63) is 0 Å². The molecule has 0 spiro atoms. The van der Waals surface area contributed by atoms with Gasteiger partial charge in [-0.2, -0.15) is 0 Å². The average molecular weight is 1720 g/mol. The number of phosphoric acid groups is 5. The van der Waals surface area contributed by atoms with Crippen LogP contribution in [0.5, 0.6) is 0 Å². The van der Waals surface area contributed by atoms with Crippen molar-refractivity contribution in [3.8, 4) is 0 Å². The van der Waals surface area contributed by atoms with Crippen LogP contribution in [-0.4, -0.2) is 393 Å². The summed E-state index contributed by atoms with van der Waals surface area (Å²) in [5.41, 5.74) is 0. The Balaban J connectivity index is 1.04. The molecule has 0 radical (unpaired) electrons. The minimum atomic E-state index is -5.54. The Morgan fingerprint density at radius 2 is 0.360 bits per heavy atom. The van der Waals surface area contributed by atoms with Crippen molar-refractivity contribution < 1.29 is 221 Å². The number of carbonyl (C=O) groups excluding carboxylic acids is 6. The van der Waals surface area contributed by atoms with Crippen LogP contribution in [0.1, 0.15) is 41.5 Å². The number of aliphatic hydroxyl groups excluding tert-OH is 14. The van der Waals surface area contributed by atoms with E-state index in [1.807, 2.05) is 0 Å². The van der Waals surface area contributed by atoms with Crippen molar-refractivity contribution in [1.29, 1.82) is 0 Å². The molecule has 6 aliphatic rings. The van der Waals surface area contributed by atoms with Crippen molar-refractivity contribution in [2.45, 2.75) is 224 Å². The third kappa shape index (κ3) is 27.8. The minimum absolute atomic E-state index is 0.666. The molecule has 6 amide bonds. The van der Waals surface area contributed by atoms with E-state index in [-0.39, 0.29) is 0 Å². The molecule has 111 heavy (non-hydrogen) atoms. The first-order valence-corrected chi connectivity index (χ1v) is 41.0. The number of hydrogen-bond acceptors (Lipinski definition) is 41. The Morgan fingerprint density at radius 1 is 0.234 bits per heavy atom. The molecule has 0 aromatic carbocycles. The number of hydrogen-bond donors (Lipinski definition) is 25. The van der Waals surface area contributed by atoms with Crippen molar-refractivity contribution in [2.24, 2.45) is 0 Å². The van der Waals surface area contributed by atoms with Crippen LogP contribution < -0.4 is 31.9 Å². The summed E-state index contributed by atoms with van der Waals surface area (Å²) in [6.07, 6.45) is -44.8. The van der Waals surface area contributed by atoms with Gasteiger partial charge in [-0.05, 0) is 0 Å². The average Bonchev–Trinajstić information content (AvgIpc) is 0.821. The van der Waals surface area contributed by atoms with Crippen molar-refractivity contribution in [1.82, 2.24) is 31.9 Å². The summed E-state index contributed by atoms with van der Waals surface area (Å²) >= 11 is 0. The van der Waals surface area contributed by atoms with E-state index in [1.165, 1.54) is 0 Å². The number of rotatable bonds is 38. The molecule has 644 valence electrons. The molecule has 0 saturated carbocycles. The zero-order valence-corrected chi connectivity index (χ0v) is 64.0. The summed E-state index contributed by atoms with van der Waals surface area (Å²) in [6.45, 7) is -7.15. The molecule has 6 rings (SSSR count). The lowest BCUT2D eigenvalue weighted by atomic mass is 9.93. The topological polar surface area (TPSA) is 792 Å². The molecule has 6 saturated heterocycles. The van der Waals surface area contributed by atoms with Crippen LogP contribution in [0.3, 0.4) is 0 Å². The van der Waals surface area contributed by atoms with E-state index in [2.05, 4.69) is 31.9 Å². The smallest absolute Gasteiger partial charge is 0.394 e. The summed E-state index contributed by atoms with van der Waals surface area (Å²) in [6, 6.07) is -9.62. The van der Waals surface area contributed by atoms with Gasteiger partial charge in [0.25, 0.3) is 0 Å². The third-order valence-corrected chi connectivity index (χ3v) is 22.4. The van der Waals surface area contributed by atoms with E-state index in [4.69, 9.17) is 73.7 Å². The maximum Gasteiger partial charge on any atom is 0.472 e. The summed E-state index contributed by atoms with van der Waals surface area (Å²) < 4.78 is 150. The predicted molar refractivity (Wildman–Crippen MR) is 352 cm³/mol. The Bertz CT molecular complexity index is 3350. The lowest BCUT2D eigenvalue weighted by Crippen LogP contribution is -2.65. The molecular formula is C54H97N6O46P5. The van der Waals surface area contributed by atoms with E-state index in [0.29, 0.717) is 0 Å². The van der Waals surface area contributed by atoms with E-state index < -0.39 is 337 Å². The Hall–Kier alpha value is -3.43. The van der Waals surface area contributed by atoms with E-state index >= 15 is 0 Å². The van der Waals surface area contributed by atoms with Crippen molar-refractivity contribution in [3.63, 3.8) is 0 Å². The second-order valence-corrected chi connectivity index (χ2v) is 33.5. The fourth-order valence-corrected chi connectivity index (χ4v) is 16.0. The van der Waals surface area contributed by atoms with Crippen LogP contribution in [0.4, 0.5) is 0 Å². The van der Waals surface area contributed by atoms with Crippen molar-refractivity contribution >= 4 is 74.6 Å². The SMILES string of the molecule is CC(=O)N[C@@H]1[C@@H](O)[C@H](O)[C@@H](CO)O[C@H]1COP(=O)(O)OC[C@H]1O[C@@H](COP(=O)(O)OC[C@H]2O[C@@H](COP(=O)(O)OC[C@H]3O[C@@H](COP(=O)(O)OC[C@H]4O[C@@H](COP(=O)(O)OC[C@H]5O[C@@H](CO)[C@H](NC(C)=O)[C@@H](O)[C@@H]5O)[C@H](NC(C)=O)[C@@H](O)[C@@H]4O)[C@H](NC(C)=O)[C@@H](O)[C@@H]3O)[C@H](NC(C)=O)[C@@H](O)[C@@H]2O)[C@H](NC(C)=O)[C@@H](O)[C@@H]1O. The van der Waals surface area contributed by atoms with Crippen molar-refractivity contribution in [2.75, 3.05) is 79.3 Å². The van der Waals surface area contributed by atoms with Gasteiger partial charge in [0.1, 0.15) is 146 Å². The van der Waals surface area contributed by atoms with Crippen LogP contribution in [0.15, 0.2) is 0 Å². The molecule has 57 heteroatoms. The maximum absolute atomic E-state index is 13.5. The van der Waals surface area contributed by atoms with Crippen LogP contribution in [0.2, 0.25) is 0 Å². The van der Waals surface area contributed by atoms with Gasteiger partial charge in [0.15, 0.2) is 0 Å². The second-order valence-electron chi connectivity index (χ2n) is 26.2. The fraction of sp³-hybridized carbons (Fsp3) is 0.889. The summed E-state index contributed by atoms with van der Waals surface area (Å²) in [5, 5.41) is 164. The fourth-order valence-electron chi connectivity index (χ4n) is 12.3. The Kier molecular flexibility index (Phi) is 36.3. The highest BCUT2D eigenvalue weighted by Crippen LogP contribution is 2.50. The third-order valence-electron chi connectivity index (χ3n) is 17.7. The lowest BCUT2D eigenvalue weighted by Gasteiger charge is -2.43. The molecule has 0 aliphatic carbocycles. The van der Waals surface area contributed by atoms with Gasteiger partial charge in [-0.3, -0.25) is 74.0 Å². The van der Waals surface area contributed by atoms with Gasteiger partial charge in [-0.25, -0.2) is 22.8 Å². The molecule has 6 heterocycles. The van der Waals surface area contributed by atoms with E-state index in [1.54, 1.807) is 0 Å². The number of ether oxygens (including phenoxy) is 6. The molecular weight excluding hydrogens is 1620 g/mol. The minimum Gasteiger partial charge on any atom is -0.394 e. The van der Waals surface area contributed by atoms with Gasteiger partial charge in [0.05, 0.1) is 116 Å². The van der Waals surface area contributed by atoms with Gasteiger partial charge in [-0.15, -0.1) is 0 Å². The molecule has 5 unspecified atom stereocenters. The highest BCUT2D eigenvalue weighted by molar-refractivity contribution is 7.48. The quantitative estimate of drug-likeness (QED) is 0.0255. The predicted octanol–water partition coefficient (Wildman–Crippen LogP) is -12.4. The zero-order valence-electron chi connectivity index (χ0n) is 59.6. The molecule has 52 nitrogen and oxygen atoms in total. The summed E-state index contributed by atoms with van der Waals surface area (Å²) in [5.74, 6) is -4.93. The van der Waals surface area contributed by atoms with Crippen LogP contribution in [-0.2, 0) is 125 Å². The maximum atomic E-state index is 13.5. The number of amides is 6. The van der Waals surface area contributed by atoms with Crippen LogP contribution >= 0.6 is 39.1 Å². The zero-order chi connectivity index (χ0) is 83.3. The highest BCUT2D eigenvalue weighted by Gasteiger charge is 2.54. The lowest BCUT2D eigenvalue weighted by molar-refractivity contribution is -0.206. The normalized spacial score (nSPS) is 39.5. The van der Waals surface area contributed by atoms with Gasteiger partial charge in [0, 0.05) is 41.5 Å². The first-order chi connectivity index (χ1) is 51.5.